The summed E-state index contributed by atoms with van der Waals surface area (Å²) in [4.78, 5) is 4.11. The zero-order chi connectivity index (χ0) is 14.9. The standard InChI is InChI=1S/C17H21ClN2S/c1-2-3-12-21-17(13-20-11-10-19-14-20)9-6-15-4-7-16(18)8-5-15/h4-11,14,17H,2-3,12-13H2,1H3. The molecule has 0 bridgehead atoms. The molecule has 4 heteroatoms. The van der Waals surface area contributed by atoms with Crippen molar-refractivity contribution in [3.63, 3.8) is 0 Å². The summed E-state index contributed by atoms with van der Waals surface area (Å²) in [5.74, 6) is 1.20. The molecule has 1 heterocycles. The van der Waals surface area contributed by atoms with E-state index < -0.39 is 0 Å². The Labute approximate surface area is 136 Å². The van der Waals surface area contributed by atoms with Crippen LogP contribution in [-0.2, 0) is 6.54 Å². The lowest BCUT2D eigenvalue weighted by molar-refractivity contribution is 0.719. The van der Waals surface area contributed by atoms with Gasteiger partial charge in [-0.15, -0.1) is 0 Å². The van der Waals surface area contributed by atoms with Crippen molar-refractivity contribution in [3.05, 3.63) is 59.6 Å². The zero-order valence-corrected chi connectivity index (χ0v) is 13.9. The van der Waals surface area contributed by atoms with Gasteiger partial charge >= 0.3 is 0 Å². The molecule has 0 aliphatic carbocycles. The van der Waals surface area contributed by atoms with Gasteiger partial charge in [-0.05, 0) is 29.9 Å². The van der Waals surface area contributed by atoms with E-state index in [2.05, 4.69) is 28.6 Å². The van der Waals surface area contributed by atoms with Gasteiger partial charge in [0.05, 0.1) is 6.33 Å². The van der Waals surface area contributed by atoms with Gasteiger partial charge in [-0.25, -0.2) is 4.98 Å². The molecule has 21 heavy (non-hydrogen) atoms. The number of halogens is 1. The maximum Gasteiger partial charge on any atom is 0.0946 e. The average Bonchev–Trinajstić information content (AvgIpc) is 2.99. The van der Waals surface area contributed by atoms with Crippen LogP contribution in [0, 0.1) is 0 Å². The first-order valence-electron chi connectivity index (χ1n) is 7.29. The molecule has 2 nitrogen and oxygen atoms in total. The van der Waals surface area contributed by atoms with Crippen LogP contribution in [0.3, 0.4) is 0 Å². The number of aromatic nitrogens is 2. The average molecular weight is 321 g/mol. The summed E-state index contributed by atoms with van der Waals surface area (Å²) < 4.78 is 2.13. The van der Waals surface area contributed by atoms with E-state index in [0.29, 0.717) is 5.25 Å². The van der Waals surface area contributed by atoms with E-state index in [1.54, 1.807) is 0 Å². The third-order valence-corrected chi connectivity index (χ3v) is 4.66. The number of unbranched alkanes of at least 4 members (excludes halogenated alkanes) is 1. The molecule has 2 aromatic rings. The number of rotatable bonds is 8. The first-order chi connectivity index (χ1) is 10.3. The topological polar surface area (TPSA) is 17.8 Å². The van der Waals surface area contributed by atoms with Gasteiger partial charge in [-0.1, -0.05) is 49.2 Å². The Hall–Kier alpha value is -1.19. The summed E-state index contributed by atoms with van der Waals surface area (Å²) in [6.45, 7) is 3.19. The molecular weight excluding hydrogens is 300 g/mol. The van der Waals surface area contributed by atoms with Crippen molar-refractivity contribution in [3.8, 4) is 0 Å². The molecule has 2 rings (SSSR count). The minimum absolute atomic E-state index is 0.460. The second-order valence-electron chi connectivity index (χ2n) is 4.93. The highest BCUT2D eigenvalue weighted by Gasteiger charge is 2.06. The lowest BCUT2D eigenvalue weighted by atomic mass is 10.2. The Morgan fingerprint density at radius 2 is 2.14 bits per heavy atom. The monoisotopic (exact) mass is 320 g/mol. The number of imidazole rings is 1. The van der Waals surface area contributed by atoms with Crippen LogP contribution < -0.4 is 0 Å². The van der Waals surface area contributed by atoms with Crippen molar-refractivity contribution >= 4 is 29.4 Å². The van der Waals surface area contributed by atoms with E-state index >= 15 is 0 Å². The summed E-state index contributed by atoms with van der Waals surface area (Å²) >= 11 is 7.92. The molecule has 0 radical (unpaired) electrons. The molecule has 0 spiro atoms. The number of nitrogens with zero attached hydrogens (tertiary/aromatic N) is 2. The molecule has 0 aliphatic heterocycles. The molecule has 1 atom stereocenters. The highest BCUT2D eigenvalue weighted by molar-refractivity contribution is 8.00. The first-order valence-corrected chi connectivity index (χ1v) is 8.71. The Morgan fingerprint density at radius 1 is 1.33 bits per heavy atom. The van der Waals surface area contributed by atoms with Crippen LogP contribution in [0.1, 0.15) is 25.3 Å². The van der Waals surface area contributed by atoms with Crippen LogP contribution in [-0.4, -0.2) is 20.6 Å². The maximum atomic E-state index is 5.92. The molecule has 0 saturated carbocycles. The quantitative estimate of drug-likeness (QED) is 0.626. The van der Waals surface area contributed by atoms with Crippen LogP contribution in [0.5, 0.6) is 0 Å². The van der Waals surface area contributed by atoms with Crippen molar-refractivity contribution in [1.82, 2.24) is 9.55 Å². The van der Waals surface area contributed by atoms with Gasteiger partial charge in [0, 0.05) is 29.2 Å². The van der Waals surface area contributed by atoms with E-state index in [9.17, 15) is 0 Å². The van der Waals surface area contributed by atoms with Gasteiger partial charge in [-0.3, -0.25) is 0 Å². The fraction of sp³-hybridized carbons (Fsp3) is 0.353. The number of hydrogen-bond acceptors (Lipinski definition) is 2. The maximum absolute atomic E-state index is 5.92. The van der Waals surface area contributed by atoms with Crippen molar-refractivity contribution in [2.75, 3.05) is 5.75 Å². The van der Waals surface area contributed by atoms with Crippen molar-refractivity contribution < 1.29 is 0 Å². The van der Waals surface area contributed by atoms with Crippen molar-refractivity contribution in [1.29, 1.82) is 0 Å². The second kappa shape index (κ2) is 8.96. The van der Waals surface area contributed by atoms with Crippen LogP contribution in [0.4, 0.5) is 0 Å². The van der Waals surface area contributed by atoms with E-state index in [-0.39, 0.29) is 0 Å². The van der Waals surface area contributed by atoms with Crippen LogP contribution in [0.15, 0.2) is 49.1 Å². The van der Waals surface area contributed by atoms with E-state index in [1.807, 2.05) is 54.7 Å². The second-order valence-corrected chi connectivity index (χ2v) is 6.72. The Kier molecular flexibility index (Phi) is 6.90. The minimum Gasteiger partial charge on any atom is -0.336 e. The SMILES string of the molecule is CCCCSC(C=Cc1ccc(Cl)cc1)Cn1ccnc1. The molecular formula is C17H21ClN2S. The normalized spacial score (nSPS) is 12.9. The Morgan fingerprint density at radius 3 is 2.81 bits per heavy atom. The largest absolute Gasteiger partial charge is 0.336 e. The Bertz CT molecular complexity index is 534. The van der Waals surface area contributed by atoms with Crippen molar-refractivity contribution in [2.24, 2.45) is 0 Å². The smallest absolute Gasteiger partial charge is 0.0946 e. The van der Waals surface area contributed by atoms with Gasteiger partial charge in [-0.2, -0.15) is 11.8 Å². The van der Waals surface area contributed by atoms with Gasteiger partial charge < -0.3 is 4.57 Å². The molecule has 1 unspecified atom stereocenters. The Balaban J connectivity index is 1.98. The fourth-order valence-electron chi connectivity index (χ4n) is 1.94. The number of hydrogen-bond donors (Lipinski definition) is 0. The van der Waals surface area contributed by atoms with E-state index in [0.717, 1.165) is 11.6 Å². The van der Waals surface area contributed by atoms with Crippen LogP contribution in [0.25, 0.3) is 6.08 Å². The summed E-state index contributed by atoms with van der Waals surface area (Å²) in [5.41, 5.74) is 1.19. The molecule has 0 aliphatic rings. The summed E-state index contributed by atoms with van der Waals surface area (Å²) in [5, 5.41) is 1.24. The van der Waals surface area contributed by atoms with Crippen LogP contribution in [0.2, 0.25) is 5.02 Å². The van der Waals surface area contributed by atoms with E-state index in [1.165, 1.54) is 24.2 Å². The highest BCUT2D eigenvalue weighted by Crippen LogP contribution is 2.19. The third-order valence-electron chi connectivity index (χ3n) is 3.15. The summed E-state index contributed by atoms with van der Waals surface area (Å²) in [7, 11) is 0. The number of thioether (sulfide) groups is 1. The summed E-state index contributed by atoms with van der Waals surface area (Å²) in [6, 6.07) is 7.94. The summed E-state index contributed by atoms with van der Waals surface area (Å²) in [6.07, 6.45) is 12.7. The molecule has 1 aromatic carbocycles. The fourth-order valence-corrected chi connectivity index (χ4v) is 3.29. The lowest BCUT2D eigenvalue weighted by Gasteiger charge is -2.13. The van der Waals surface area contributed by atoms with Gasteiger partial charge in [0.2, 0.25) is 0 Å². The first kappa shape index (κ1) is 16.2. The minimum atomic E-state index is 0.460. The van der Waals surface area contributed by atoms with Gasteiger partial charge in [0.1, 0.15) is 0 Å². The predicted octanol–water partition coefficient (Wildman–Crippen LogP) is 5.15. The molecule has 0 fully saturated rings. The van der Waals surface area contributed by atoms with Gasteiger partial charge in [0.25, 0.3) is 0 Å². The van der Waals surface area contributed by atoms with Crippen molar-refractivity contribution in [2.45, 2.75) is 31.6 Å². The molecule has 0 saturated heterocycles. The predicted molar refractivity (Wildman–Crippen MR) is 93.9 cm³/mol. The molecule has 0 amide bonds. The van der Waals surface area contributed by atoms with Gasteiger partial charge in [0.15, 0.2) is 0 Å². The number of benzene rings is 1. The van der Waals surface area contributed by atoms with E-state index in [4.69, 9.17) is 11.6 Å². The van der Waals surface area contributed by atoms with Crippen LogP contribution >= 0.6 is 23.4 Å². The zero-order valence-electron chi connectivity index (χ0n) is 12.3. The highest BCUT2D eigenvalue weighted by atomic mass is 35.5. The third kappa shape index (κ3) is 5.98. The molecule has 0 N–H and O–H groups in total. The molecule has 112 valence electrons. The lowest BCUT2D eigenvalue weighted by Crippen LogP contribution is -2.10. The molecule has 1 aromatic heterocycles.